The van der Waals surface area contributed by atoms with E-state index in [4.69, 9.17) is 0 Å². The standard InChI is InChI=1S/C26H30FN5O2/c1-25-14-26(2,31(4)15-25)23(27)24(25)32(5)21-9-8-19(28-29-21)18-7-6-16(12-20(18)33)17-10-11-30(3)22(34)13-17/h6-13,23-24,33H,14-15H2,1-5H3/t23-,24-,25+,26+/m0/s1. The number of benzene rings is 1. The first-order valence-corrected chi connectivity index (χ1v) is 11.5. The molecule has 2 fully saturated rings. The van der Waals surface area contributed by atoms with Crippen LogP contribution in [0.5, 0.6) is 5.75 Å². The molecule has 8 heteroatoms. The van der Waals surface area contributed by atoms with E-state index in [-0.39, 0.29) is 22.8 Å². The first kappa shape index (κ1) is 22.5. The van der Waals surface area contributed by atoms with Gasteiger partial charge in [0.15, 0.2) is 5.82 Å². The number of aryl methyl sites for hydroxylation is 1. The second kappa shape index (κ2) is 7.63. The zero-order valence-electron chi connectivity index (χ0n) is 20.2. The molecule has 2 aliphatic rings. The van der Waals surface area contributed by atoms with E-state index in [0.717, 1.165) is 24.1 Å². The smallest absolute Gasteiger partial charge is 0.250 e. The van der Waals surface area contributed by atoms with E-state index in [9.17, 15) is 9.90 Å². The molecule has 0 unspecified atom stereocenters. The molecule has 3 aromatic rings. The second-order valence-corrected chi connectivity index (χ2v) is 10.4. The lowest BCUT2D eigenvalue weighted by Gasteiger charge is -2.45. The molecule has 0 spiro atoms. The summed E-state index contributed by atoms with van der Waals surface area (Å²) in [5, 5.41) is 19.4. The van der Waals surface area contributed by atoms with Crippen molar-refractivity contribution in [3.8, 4) is 28.1 Å². The molecule has 2 aromatic heterocycles. The quantitative estimate of drug-likeness (QED) is 0.639. The molecule has 178 valence electrons. The molecule has 4 atom stereocenters. The van der Waals surface area contributed by atoms with Crippen molar-refractivity contribution < 1.29 is 9.50 Å². The van der Waals surface area contributed by atoms with Crippen molar-refractivity contribution in [2.75, 3.05) is 25.5 Å². The van der Waals surface area contributed by atoms with Crippen molar-refractivity contribution in [2.24, 2.45) is 12.5 Å². The Morgan fingerprint density at radius 3 is 2.41 bits per heavy atom. The molecule has 34 heavy (non-hydrogen) atoms. The molecule has 2 bridgehead atoms. The second-order valence-electron chi connectivity index (χ2n) is 10.4. The molecule has 1 aliphatic carbocycles. The zero-order chi connectivity index (χ0) is 24.4. The number of likely N-dealkylation sites (tertiary alicyclic amines) is 1. The van der Waals surface area contributed by atoms with Gasteiger partial charge < -0.3 is 14.6 Å². The van der Waals surface area contributed by atoms with Gasteiger partial charge in [-0.3, -0.25) is 9.69 Å². The highest BCUT2D eigenvalue weighted by Crippen LogP contribution is 2.56. The van der Waals surface area contributed by atoms with E-state index in [1.807, 2.05) is 44.1 Å². The number of pyridine rings is 1. The number of anilines is 1. The molecule has 5 rings (SSSR count). The molecule has 1 saturated carbocycles. The molecular formula is C26H30FN5O2. The maximum absolute atomic E-state index is 15.5. The number of phenols is 1. The minimum atomic E-state index is -0.992. The fraction of sp³-hybridized carbons (Fsp3) is 0.423. The summed E-state index contributed by atoms with van der Waals surface area (Å²) in [7, 11) is 5.57. The molecule has 0 amide bonds. The topological polar surface area (TPSA) is 74.5 Å². The molecule has 3 heterocycles. The summed E-state index contributed by atoms with van der Waals surface area (Å²) < 4.78 is 17.0. The highest BCUT2D eigenvalue weighted by Gasteiger charge is 2.66. The number of alkyl halides is 1. The van der Waals surface area contributed by atoms with Crippen molar-refractivity contribution in [1.82, 2.24) is 19.7 Å². The predicted octanol–water partition coefficient (Wildman–Crippen LogP) is 3.47. The number of phenolic OH excluding ortho intramolecular Hbond substituents is 1. The highest BCUT2D eigenvalue weighted by atomic mass is 19.1. The van der Waals surface area contributed by atoms with Gasteiger partial charge in [-0.25, -0.2) is 4.39 Å². The third kappa shape index (κ3) is 3.31. The SMILES string of the molecule is CN(c1ccc(-c2ccc(-c3ccn(C)c(=O)c3)cc2O)nn1)[C@H]1[C@H](F)[C@@]2(C)C[C@]1(C)CN2C. The Labute approximate surface area is 198 Å². The molecule has 1 aliphatic heterocycles. The highest BCUT2D eigenvalue weighted by molar-refractivity contribution is 5.74. The minimum absolute atomic E-state index is 0.0500. The Morgan fingerprint density at radius 1 is 1.09 bits per heavy atom. The van der Waals surface area contributed by atoms with Crippen molar-refractivity contribution in [3.63, 3.8) is 0 Å². The fourth-order valence-corrected chi connectivity index (χ4v) is 6.05. The van der Waals surface area contributed by atoms with Crippen molar-refractivity contribution in [1.29, 1.82) is 0 Å². The van der Waals surface area contributed by atoms with Crippen LogP contribution in [-0.2, 0) is 7.05 Å². The van der Waals surface area contributed by atoms with E-state index in [1.54, 1.807) is 31.4 Å². The lowest BCUT2D eigenvalue weighted by molar-refractivity contribution is 0.0410. The van der Waals surface area contributed by atoms with Crippen LogP contribution in [0.4, 0.5) is 10.2 Å². The minimum Gasteiger partial charge on any atom is -0.507 e. The van der Waals surface area contributed by atoms with Gasteiger partial charge in [0.2, 0.25) is 0 Å². The van der Waals surface area contributed by atoms with Gasteiger partial charge >= 0.3 is 0 Å². The molecule has 1 N–H and O–H groups in total. The zero-order valence-corrected chi connectivity index (χ0v) is 20.2. The maximum atomic E-state index is 15.5. The number of rotatable bonds is 4. The molecule has 1 aromatic carbocycles. The Bertz CT molecular complexity index is 1310. The largest absolute Gasteiger partial charge is 0.507 e. The summed E-state index contributed by atoms with van der Waals surface area (Å²) in [4.78, 5) is 16.0. The molecule has 7 nitrogen and oxygen atoms in total. The number of piperidine rings is 1. The molecule has 1 saturated heterocycles. The summed E-state index contributed by atoms with van der Waals surface area (Å²) in [5.74, 6) is 0.654. The van der Waals surface area contributed by atoms with Gasteiger partial charge in [-0.15, -0.1) is 10.2 Å². The maximum Gasteiger partial charge on any atom is 0.250 e. The normalized spacial score (nSPS) is 28.4. The van der Waals surface area contributed by atoms with Crippen LogP contribution in [0.1, 0.15) is 20.3 Å². The van der Waals surface area contributed by atoms with Crippen LogP contribution in [0, 0.1) is 5.41 Å². The van der Waals surface area contributed by atoms with Gasteiger partial charge in [-0.1, -0.05) is 13.0 Å². The van der Waals surface area contributed by atoms with Crippen molar-refractivity contribution in [2.45, 2.75) is 38.0 Å². The Kier molecular flexibility index (Phi) is 5.06. The van der Waals surface area contributed by atoms with Gasteiger partial charge in [0.25, 0.3) is 5.56 Å². The van der Waals surface area contributed by atoms with Crippen LogP contribution in [0.3, 0.4) is 0 Å². The predicted molar refractivity (Wildman–Crippen MR) is 131 cm³/mol. The van der Waals surface area contributed by atoms with E-state index < -0.39 is 11.7 Å². The van der Waals surface area contributed by atoms with E-state index in [1.165, 1.54) is 10.6 Å². The van der Waals surface area contributed by atoms with Gasteiger partial charge in [0.05, 0.1) is 17.3 Å². The van der Waals surface area contributed by atoms with Gasteiger partial charge in [0.1, 0.15) is 11.9 Å². The van der Waals surface area contributed by atoms with E-state index in [2.05, 4.69) is 22.0 Å². The summed E-state index contributed by atoms with van der Waals surface area (Å²) in [6.07, 6.45) is 1.51. The number of fused-ring (bicyclic) bond motifs is 2. The average Bonchev–Trinajstić information content (AvgIpc) is 3.16. The Balaban J connectivity index is 1.39. The van der Waals surface area contributed by atoms with Crippen LogP contribution in [-0.4, -0.2) is 63.2 Å². The Morgan fingerprint density at radius 2 is 1.82 bits per heavy atom. The lowest BCUT2D eigenvalue weighted by atomic mass is 9.84. The monoisotopic (exact) mass is 463 g/mol. The number of aromatic nitrogens is 3. The molecule has 0 radical (unpaired) electrons. The first-order chi connectivity index (χ1) is 16.0. The number of nitrogens with zero attached hydrogens (tertiary/aromatic N) is 5. The van der Waals surface area contributed by atoms with Crippen LogP contribution in [0.2, 0.25) is 0 Å². The number of halogens is 1. The van der Waals surface area contributed by atoms with E-state index in [0.29, 0.717) is 17.1 Å². The fourth-order valence-electron chi connectivity index (χ4n) is 6.05. The first-order valence-electron chi connectivity index (χ1n) is 11.5. The number of hydrogen-bond acceptors (Lipinski definition) is 6. The summed E-state index contributed by atoms with van der Waals surface area (Å²) >= 11 is 0. The summed E-state index contributed by atoms with van der Waals surface area (Å²) in [5.41, 5.74) is 1.79. The average molecular weight is 464 g/mol. The number of aromatic hydroxyl groups is 1. The lowest BCUT2D eigenvalue weighted by Crippen LogP contribution is -2.59. The molecular weight excluding hydrogens is 433 g/mol. The van der Waals surface area contributed by atoms with Crippen LogP contribution in [0.25, 0.3) is 22.4 Å². The Hall–Kier alpha value is -3.26. The van der Waals surface area contributed by atoms with Crippen molar-refractivity contribution in [3.05, 3.63) is 59.0 Å². The summed E-state index contributed by atoms with van der Waals surface area (Å²) in [6.45, 7) is 5.00. The van der Waals surface area contributed by atoms with Crippen molar-refractivity contribution >= 4 is 5.82 Å². The van der Waals surface area contributed by atoms with E-state index >= 15 is 4.39 Å². The van der Waals surface area contributed by atoms with Crippen LogP contribution < -0.4 is 10.5 Å². The third-order valence-electron chi connectivity index (χ3n) is 7.96. The van der Waals surface area contributed by atoms with Gasteiger partial charge in [0, 0.05) is 43.9 Å². The van der Waals surface area contributed by atoms with Gasteiger partial charge in [-0.05, 0) is 61.9 Å². The van der Waals surface area contributed by atoms with Crippen LogP contribution >= 0.6 is 0 Å². The third-order valence-corrected chi connectivity index (χ3v) is 7.96. The number of hydrogen-bond donors (Lipinski definition) is 1. The summed E-state index contributed by atoms with van der Waals surface area (Å²) in [6, 6.07) is 11.9. The van der Waals surface area contributed by atoms with Gasteiger partial charge in [-0.2, -0.15) is 0 Å². The van der Waals surface area contributed by atoms with Crippen LogP contribution in [0.15, 0.2) is 53.5 Å².